The van der Waals surface area contributed by atoms with Gasteiger partial charge in [-0.05, 0) is 38.1 Å². The van der Waals surface area contributed by atoms with Gasteiger partial charge in [0.25, 0.3) is 11.5 Å². The molecule has 1 aliphatic rings. The van der Waals surface area contributed by atoms with E-state index in [4.69, 9.17) is 0 Å². The number of rotatable bonds is 5. The molecule has 0 saturated carbocycles. The van der Waals surface area contributed by atoms with E-state index >= 15 is 0 Å². The molecule has 8 heteroatoms. The summed E-state index contributed by atoms with van der Waals surface area (Å²) in [6.45, 7) is 5.20. The van der Waals surface area contributed by atoms with E-state index in [1.165, 1.54) is 0 Å². The first-order valence-electron chi connectivity index (χ1n) is 10.5. The fraction of sp³-hybridized carbons (Fsp3) is 0.304. The van der Waals surface area contributed by atoms with Crippen LogP contribution in [0, 0.1) is 0 Å². The number of aromatic nitrogens is 2. The molecule has 1 aliphatic heterocycles. The SMILES string of the molecule is CC[NH+](CC(=O)N1c2ccccc2NC(=O)C[C@@H]1C)Cc1nc2ccccc2c(=O)[nH]1. The van der Waals surface area contributed by atoms with Gasteiger partial charge in [-0.2, -0.15) is 0 Å². The number of nitrogens with one attached hydrogen (secondary N) is 3. The van der Waals surface area contributed by atoms with Crippen molar-refractivity contribution < 1.29 is 14.5 Å². The van der Waals surface area contributed by atoms with E-state index in [1.54, 1.807) is 23.1 Å². The second-order valence-electron chi connectivity index (χ2n) is 7.87. The van der Waals surface area contributed by atoms with E-state index < -0.39 is 0 Å². The predicted molar refractivity (Wildman–Crippen MR) is 119 cm³/mol. The molecule has 3 aromatic rings. The maximum atomic E-state index is 13.3. The van der Waals surface area contributed by atoms with E-state index in [9.17, 15) is 14.4 Å². The maximum Gasteiger partial charge on any atom is 0.282 e. The van der Waals surface area contributed by atoms with Crippen molar-refractivity contribution in [2.45, 2.75) is 32.9 Å². The summed E-state index contributed by atoms with van der Waals surface area (Å²) in [5.41, 5.74) is 1.81. The Morgan fingerprint density at radius 2 is 1.90 bits per heavy atom. The molecule has 3 N–H and O–H groups in total. The second kappa shape index (κ2) is 8.69. The smallest absolute Gasteiger partial charge is 0.282 e. The first kappa shape index (κ1) is 20.7. The molecule has 160 valence electrons. The van der Waals surface area contributed by atoms with E-state index in [0.29, 0.717) is 41.2 Å². The number of carbonyl (C=O) groups excluding carboxylic acids is 2. The van der Waals surface area contributed by atoms with Crippen molar-refractivity contribution in [2.75, 3.05) is 23.3 Å². The number of para-hydroxylation sites is 3. The number of likely N-dealkylation sites (N-methyl/N-ethyl adjacent to an activating group) is 1. The topological polar surface area (TPSA) is 99.6 Å². The number of quaternary nitrogens is 1. The van der Waals surface area contributed by atoms with Gasteiger partial charge in [0.1, 0.15) is 6.54 Å². The van der Waals surface area contributed by atoms with E-state index in [-0.39, 0.29) is 36.4 Å². The summed E-state index contributed by atoms with van der Waals surface area (Å²) in [5.74, 6) is 0.374. The van der Waals surface area contributed by atoms with Gasteiger partial charge < -0.3 is 20.1 Å². The van der Waals surface area contributed by atoms with Gasteiger partial charge in [-0.1, -0.05) is 24.3 Å². The summed E-state index contributed by atoms with van der Waals surface area (Å²) < 4.78 is 0. The molecule has 1 unspecified atom stereocenters. The third-order valence-electron chi connectivity index (χ3n) is 5.61. The molecule has 0 fully saturated rings. The van der Waals surface area contributed by atoms with Crippen molar-refractivity contribution in [2.24, 2.45) is 0 Å². The molecule has 0 spiro atoms. The Kier molecular flexibility index (Phi) is 5.81. The number of aromatic amines is 1. The van der Waals surface area contributed by atoms with Crippen molar-refractivity contribution in [3.63, 3.8) is 0 Å². The van der Waals surface area contributed by atoms with Crippen LogP contribution in [0.2, 0.25) is 0 Å². The summed E-state index contributed by atoms with van der Waals surface area (Å²) in [7, 11) is 0. The molecule has 0 aliphatic carbocycles. The predicted octanol–water partition coefficient (Wildman–Crippen LogP) is 1.09. The standard InChI is InChI=1S/C23H25N5O3/c1-3-27(13-20-24-17-9-5-4-8-16(17)23(31)26-20)14-22(30)28-15(2)12-21(29)25-18-10-6-7-11-19(18)28/h4-11,15H,3,12-14H2,1-2H3,(H,25,29)(H,24,26,31)/p+1/t15-/m0/s1. The minimum Gasteiger partial charge on any atom is -0.324 e. The number of benzene rings is 2. The van der Waals surface area contributed by atoms with Gasteiger partial charge >= 0.3 is 0 Å². The summed E-state index contributed by atoms with van der Waals surface area (Å²) in [6, 6.07) is 14.3. The highest BCUT2D eigenvalue weighted by Crippen LogP contribution is 2.31. The molecule has 2 heterocycles. The van der Waals surface area contributed by atoms with Crippen LogP contribution in [-0.4, -0.2) is 40.9 Å². The molecule has 2 amide bonds. The van der Waals surface area contributed by atoms with Crippen molar-refractivity contribution >= 4 is 34.1 Å². The Labute approximate surface area is 179 Å². The summed E-state index contributed by atoms with van der Waals surface area (Å²) in [4.78, 5) is 48.0. The van der Waals surface area contributed by atoms with Crippen molar-refractivity contribution in [3.05, 3.63) is 64.7 Å². The van der Waals surface area contributed by atoms with Gasteiger partial charge in [0.05, 0.1) is 28.8 Å². The van der Waals surface area contributed by atoms with Crippen LogP contribution >= 0.6 is 0 Å². The van der Waals surface area contributed by atoms with E-state index in [1.807, 2.05) is 44.2 Å². The zero-order chi connectivity index (χ0) is 22.0. The molecule has 2 aromatic carbocycles. The third-order valence-corrected chi connectivity index (χ3v) is 5.61. The zero-order valence-electron chi connectivity index (χ0n) is 17.6. The first-order valence-corrected chi connectivity index (χ1v) is 10.5. The average Bonchev–Trinajstić information content (AvgIpc) is 2.87. The lowest BCUT2D eigenvalue weighted by Gasteiger charge is -2.29. The minimum atomic E-state index is -0.257. The monoisotopic (exact) mass is 420 g/mol. The number of H-pyrrole nitrogens is 1. The normalized spacial score (nSPS) is 17.0. The lowest BCUT2D eigenvalue weighted by molar-refractivity contribution is -0.904. The molecule has 31 heavy (non-hydrogen) atoms. The Balaban J connectivity index is 1.57. The highest BCUT2D eigenvalue weighted by Gasteiger charge is 2.31. The van der Waals surface area contributed by atoms with E-state index in [0.717, 1.165) is 4.90 Å². The molecule has 0 radical (unpaired) electrons. The quantitative estimate of drug-likeness (QED) is 0.575. The van der Waals surface area contributed by atoms with Crippen molar-refractivity contribution in [1.29, 1.82) is 0 Å². The van der Waals surface area contributed by atoms with E-state index in [2.05, 4.69) is 15.3 Å². The lowest BCUT2D eigenvalue weighted by Crippen LogP contribution is -3.11. The lowest BCUT2D eigenvalue weighted by atomic mass is 10.1. The fourth-order valence-electron chi connectivity index (χ4n) is 4.03. The summed E-state index contributed by atoms with van der Waals surface area (Å²) in [5, 5.41) is 3.43. The van der Waals surface area contributed by atoms with Crippen LogP contribution in [0.15, 0.2) is 53.3 Å². The van der Waals surface area contributed by atoms with Crippen LogP contribution in [0.1, 0.15) is 26.1 Å². The average molecular weight is 420 g/mol. The van der Waals surface area contributed by atoms with Gasteiger partial charge in [-0.3, -0.25) is 14.4 Å². The Bertz CT molecular complexity index is 1190. The number of hydrogen-bond donors (Lipinski definition) is 3. The Morgan fingerprint density at radius 3 is 2.71 bits per heavy atom. The molecular weight excluding hydrogens is 394 g/mol. The third kappa shape index (κ3) is 4.34. The summed E-state index contributed by atoms with van der Waals surface area (Å²) >= 11 is 0. The second-order valence-corrected chi connectivity index (χ2v) is 7.87. The maximum absolute atomic E-state index is 13.3. The molecule has 8 nitrogen and oxygen atoms in total. The van der Waals surface area contributed by atoms with Crippen LogP contribution in [0.5, 0.6) is 0 Å². The van der Waals surface area contributed by atoms with Crippen molar-refractivity contribution in [1.82, 2.24) is 9.97 Å². The molecule has 2 atom stereocenters. The number of hydrogen-bond acceptors (Lipinski definition) is 4. The van der Waals surface area contributed by atoms with Gasteiger partial charge in [-0.25, -0.2) is 4.98 Å². The van der Waals surface area contributed by atoms with Crippen molar-refractivity contribution in [3.8, 4) is 0 Å². The highest BCUT2D eigenvalue weighted by molar-refractivity contribution is 6.04. The molecular formula is C23H26N5O3+. The zero-order valence-corrected chi connectivity index (χ0v) is 17.6. The minimum absolute atomic E-state index is 0.0727. The molecule has 4 rings (SSSR count). The first-order chi connectivity index (χ1) is 15.0. The number of carbonyl (C=O) groups is 2. The number of nitrogens with zero attached hydrogens (tertiary/aromatic N) is 2. The van der Waals surface area contributed by atoms with Crippen LogP contribution < -0.4 is 20.7 Å². The van der Waals surface area contributed by atoms with Gasteiger partial charge in [0, 0.05) is 12.5 Å². The Hall–Kier alpha value is -3.52. The molecule has 1 aromatic heterocycles. The number of anilines is 2. The van der Waals surface area contributed by atoms with Crippen LogP contribution in [-0.2, 0) is 16.1 Å². The number of amides is 2. The van der Waals surface area contributed by atoms with Gasteiger partial charge in [0.15, 0.2) is 12.4 Å². The molecule has 0 saturated heterocycles. The highest BCUT2D eigenvalue weighted by atomic mass is 16.2. The summed E-state index contributed by atoms with van der Waals surface area (Å²) in [6.07, 6.45) is 0.238. The fourth-order valence-corrected chi connectivity index (χ4v) is 4.03. The van der Waals surface area contributed by atoms with Gasteiger partial charge in [-0.15, -0.1) is 0 Å². The largest absolute Gasteiger partial charge is 0.324 e. The molecule has 0 bridgehead atoms. The van der Waals surface area contributed by atoms with Crippen LogP contribution in [0.4, 0.5) is 11.4 Å². The van der Waals surface area contributed by atoms with Crippen LogP contribution in [0.25, 0.3) is 10.9 Å². The Morgan fingerprint density at radius 1 is 1.16 bits per heavy atom. The van der Waals surface area contributed by atoms with Crippen LogP contribution in [0.3, 0.4) is 0 Å². The number of fused-ring (bicyclic) bond motifs is 2. The van der Waals surface area contributed by atoms with Gasteiger partial charge in [0.2, 0.25) is 5.91 Å².